The van der Waals surface area contributed by atoms with Gasteiger partial charge in [0.15, 0.2) is 0 Å². The first-order chi connectivity index (χ1) is 9.24. The van der Waals surface area contributed by atoms with E-state index in [0.29, 0.717) is 13.2 Å². The zero-order valence-corrected chi connectivity index (χ0v) is 11.6. The van der Waals surface area contributed by atoms with Gasteiger partial charge in [-0.25, -0.2) is 0 Å². The molecule has 0 aromatic heterocycles. The third kappa shape index (κ3) is 5.19. The molecule has 1 aromatic rings. The Labute approximate surface area is 115 Å². The van der Waals surface area contributed by atoms with Crippen molar-refractivity contribution in [2.24, 2.45) is 0 Å². The predicted octanol–water partition coefficient (Wildman–Crippen LogP) is 1.03. The third-order valence-corrected chi connectivity index (χ3v) is 3.33. The fourth-order valence-electron chi connectivity index (χ4n) is 2.33. The number of β-amino-alcohol motifs (C(OH)–C–C–N with tert-alkyl or cyclic N) is 1. The number of nitrogens with one attached hydrogen (secondary N) is 1. The lowest BCUT2D eigenvalue weighted by atomic mass is 10.2. The normalized spacial score (nSPS) is 18.8. The highest BCUT2D eigenvalue weighted by Crippen LogP contribution is 2.12. The van der Waals surface area contributed by atoms with Crippen LogP contribution in [0.5, 0.6) is 5.75 Å². The van der Waals surface area contributed by atoms with E-state index in [1.54, 1.807) is 0 Å². The van der Waals surface area contributed by atoms with Crippen LogP contribution in [0.3, 0.4) is 0 Å². The van der Waals surface area contributed by atoms with E-state index in [4.69, 9.17) is 4.74 Å². The Morgan fingerprint density at radius 1 is 1.37 bits per heavy atom. The van der Waals surface area contributed by atoms with Gasteiger partial charge in [0, 0.05) is 19.6 Å². The minimum absolute atomic E-state index is 0.355. The highest BCUT2D eigenvalue weighted by atomic mass is 16.5. The largest absolute Gasteiger partial charge is 0.491 e. The molecule has 106 valence electrons. The Morgan fingerprint density at radius 2 is 2.26 bits per heavy atom. The first-order valence-corrected chi connectivity index (χ1v) is 7.04. The van der Waals surface area contributed by atoms with Gasteiger partial charge in [-0.05, 0) is 44.1 Å². The number of rotatable bonds is 5. The van der Waals surface area contributed by atoms with Gasteiger partial charge >= 0.3 is 0 Å². The summed E-state index contributed by atoms with van der Waals surface area (Å²) in [6.45, 7) is 7.21. The van der Waals surface area contributed by atoms with Crippen LogP contribution in [0, 0.1) is 6.92 Å². The van der Waals surface area contributed by atoms with Gasteiger partial charge in [0.05, 0.1) is 0 Å². The average molecular weight is 264 g/mol. The molecule has 0 bridgehead atoms. The monoisotopic (exact) mass is 264 g/mol. The molecule has 1 aromatic carbocycles. The van der Waals surface area contributed by atoms with E-state index in [-0.39, 0.29) is 0 Å². The maximum atomic E-state index is 10.0. The summed E-state index contributed by atoms with van der Waals surface area (Å²) < 4.78 is 5.63. The van der Waals surface area contributed by atoms with Crippen molar-refractivity contribution in [1.29, 1.82) is 0 Å². The molecule has 1 aliphatic heterocycles. The van der Waals surface area contributed by atoms with E-state index >= 15 is 0 Å². The zero-order chi connectivity index (χ0) is 13.5. The average Bonchev–Trinajstić information content (AvgIpc) is 2.65. The Kier molecular flexibility index (Phi) is 5.63. The Balaban J connectivity index is 1.73. The Hall–Kier alpha value is -1.10. The third-order valence-electron chi connectivity index (χ3n) is 3.33. The first-order valence-electron chi connectivity index (χ1n) is 7.04. The maximum Gasteiger partial charge on any atom is 0.119 e. The maximum absolute atomic E-state index is 10.0. The molecule has 1 fully saturated rings. The van der Waals surface area contributed by atoms with Crippen LogP contribution in [0.25, 0.3) is 0 Å². The molecule has 4 heteroatoms. The van der Waals surface area contributed by atoms with Crippen molar-refractivity contribution in [1.82, 2.24) is 10.2 Å². The van der Waals surface area contributed by atoms with Crippen molar-refractivity contribution in [3.8, 4) is 5.75 Å². The van der Waals surface area contributed by atoms with Crippen LogP contribution >= 0.6 is 0 Å². The summed E-state index contributed by atoms with van der Waals surface area (Å²) in [5, 5.41) is 13.4. The van der Waals surface area contributed by atoms with Crippen LogP contribution in [0.15, 0.2) is 24.3 Å². The van der Waals surface area contributed by atoms with E-state index in [0.717, 1.165) is 38.3 Å². The summed E-state index contributed by atoms with van der Waals surface area (Å²) in [5.41, 5.74) is 1.17. The van der Waals surface area contributed by atoms with Crippen LogP contribution < -0.4 is 10.1 Å². The van der Waals surface area contributed by atoms with Gasteiger partial charge in [0.25, 0.3) is 0 Å². The molecule has 0 saturated carbocycles. The lowest BCUT2D eigenvalue weighted by molar-refractivity contribution is 0.0703. The number of nitrogens with zero attached hydrogens (tertiary/aromatic N) is 1. The number of aliphatic hydroxyl groups is 1. The summed E-state index contributed by atoms with van der Waals surface area (Å²) in [6.07, 6.45) is 0.712. The standard InChI is InChI=1S/C15H24N2O2/c1-13-4-2-5-15(10-13)19-12-14(18)11-17-8-3-6-16-7-9-17/h2,4-5,10,14,16,18H,3,6-9,11-12H2,1H3. The molecule has 1 unspecified atom stereocenters. The molecule has 0 radical (unpaired) electrons. The second-order valence-electron chi connectivity index (χ2n) is 5.19. The molecule has 1 heterocycles. The van der Waals surface area contributed by atoms with Crippen molar-refractivity contribution >= 4 is 0 Å². The highest BCUT2D eigenvalue weighted by molar-refractivity contribution is 5.27. The van der Waals surface area contributed by atoms with Gasteiger partial charge in [-0.3, -0.25) is 4.90 Å². The number of aryl methyl sites for hydroxylation is 1. The van der Waals surface area contributed by atoms with Gasteiger partial charge in [-0.1, -0.05) is 12.1 Å². The summed E-state index contributed by atoms with van der Waals surface area (Å²) >= 11 is 0. The van der Waals surface area contributed by atoms with E-state index in [9.17, 15) is 5.11 Å². The van der Waals surface area contributed by atoms with Gasteiger partial charge in [0.2, 0.25) is 0 Å². The van der Waals surface area contributed by atoms with Crippen LogP contribution in [-0.2, 0) is 0 Å². The molecule has 2 rings (SSSR count). The SMILES string of the molecule is Cc1cccc(OCC(O)CN2CCCNCC2)c1. The molecule has 0 aliphatic carbocycles. The van der Waals surface area contributed by atoms with Crippen molar-refractivity contribution in [2.75, 3.05) is 39.3 Å². The number of hydrogen-bond acceptors (Lipinski definition) is 4. The number of aliphatic hydroxyl groups excluding tert-OH is 1. The van der Waals surface area contributed by atoms with Crippen molar-refractivity contribution < 1.29 is 9.84 Å². The van der Waals surface area contributed by atoms with Gasteiger partial charge in [-0.15, -0.1) is 0 Å². The van der Waals surface area contributed by atoms with Crippen molar-refractivity contribution in [3.05, 3.63) is 29.8 Å². The summed E-state index contributed by atoms with van der Waals surface area (Å²) in [6, 6.07) is 7.92. The molecule has 19 heavy (non-hydrogen) atoms. The predicted molar refractivity (Wildman–Crippen MR) is 76.6 cm³/mol. The van der Waals surface area contributed by atoms with Gasteiger partial charge in [0.1, 0.15) is 18.5 Å². The number of benzene rings is 1. The molecular weight excluding hydrogens is 240 g/mol. The molecule has 1 saturated heterocycles. The molecule has 0 spiro atoms. The van der Waals surface area contributed by atoms with Gasteiger partial charge < -0.3 is 15.2 Å². The highest BCUT2D eigenvalue weighted by Gasteiger charge is 2.13. The molecule has 2 N–H and O–H groups in total. The topological polar surface area (TPSA) is 44.7 Å². The second kappa shape index (κ2) is 7.48. The van der Waals surface area contributed by atoms with Crippen LogP contribution in [-0.4, -0.2) is 55.4 Å². The number of ether oxygens (including phenoxy) is 1. The van der Waals surface area contributed by atoms with E-state index in [2.05, 4.69) is 10.2 Å². The fraction of sp³-hybridized carbons (Fsp3) is 0.600. The van der Waals surface area contributed by atoms with E-state index in [1.807, 2.05) is 31.2 Å². The smallest absolute Gasteiger partial charge is 0.119 e. The minimum Gasteiger partial charge on any atom is -0.491 e. The lowest BCUT2D eigenvalue weighted by Crippen LogP contribution is -2.37. The molecule has 4 nitrogen and oxygen atoms in total. The van der Waals surface area contributed by atoms with Crippen LogP contribution in [0.1, 0.15) is 12.0 Å². The second-order valence-corrected chi connectivity index (χ2v) is 5.19. The summed E-state index contributed by atoms with van der Waals surface area (Å²) in [5.74, 6) is 0.830. The summed E-state index contributed by atoms with van der Waals surface area (Å²) in [4.78, 5) is 2.30. The van der Waals surface area contributed by atoms with Crippen molar-refractivity contribution in [2.45, 2.75) is 19.4 Å². The fourth-order valence-corrected chi connectivity index (χ4v) is 2.33. The van der Waals surface area contributed by atoms with Crippen LogP contribution in [0.2, 0.25) is 0 Å². The van der Waals surface area contributed by atoms with E-state index < -0.39 is 6.10 Å². The molecule has 1 aliphatic rings. The van der Waals surface area contributed by atoms with Crippen LogP contribution in [0.4, 0.5) is 0 Å². The van der Waals surface area contributed by atoms with E-state index in [1.165, 1.54) is 5.56 Å². The molecule has 1 atom stereocenters. The first kappa shape index (κ1) is 14.3. The minimum atomic E-state index is -0.432. The quantitative estimate of drug-likeness (QED) is 0.834. The zero-order valence-electron chi connectivity index (χ0n) is 11.6. The number of hydrogen-bond donors (Lipinski definition) is 2. The molecule has 0 amide bonds. The van der Waals surface area contributed by atoms with Gasteiger partial charge in [-0.2, -0.15) is 0 Å². The van der Waals surface area contributed by atoms with Crippen molar-refractivity contribution in [3.63, 3.8) is 0 Å². The Bertz CT molecular complexity index is 376. The lowest BCUT2D eigenvalue weighted by Gasteiger charge is -2.23. The molecular formula is C15H24N2O2. The Morgan fingerprint density at radius 3 is 3.11 bits per heavy atom. The summed E-state index contributed by atoms with van der Waals surface area (Å²) in [7, 11) is 0.